The molecule has 1 amide bonds. The molecule has 0 saturated carbocycles. The Bertz CT molecular complexity index is 767. The molecule has 0 unspecified atom stereocenters. The molecule has 0 spiro atoms. The third-order valence-corrected chi connectivity index (χ3v) is 5.24. The van der Waals surface area contributed by atoms with Crippen LogP contribution in [0.5, 0.6) is 5.75 Å². The first-order valence-electron chi connectivity index (χ1n) is 10.3. The molecule has 1 aromatic heterocycles. The Morgan fingerprint density at radius 1 is 1.24 bits per heavy atom. The molecule has 29 heavy (non-hydrogen) atoms. The number of hydrogen-bond donors (Lipinski definition) is 0. The average Bonchev–Trinajstić information content (AvgIpc) is 3.18. The van der Waals surface area contributed by atoms with Crippen LogP contribution in [-0.2, 0) is 22.6 Å². The lowest BCUT2D eigenvalue weighted by molar-refractivity contribution is -0.135. The number of nitrogens with zero attached hydrogens (tertiary/aromatic N) is 4. The highest BCUT2D eigenvalue weighted by atomic mass is 16.5. The van der Waals surface area contributed by atoms with Crippen molar-refractivity contribution in [1.82, 2.24) is 19.4 Å². The van der Waals surface area contributed by atoms with Crippen LogP contribution in [0, 0.1) is 5.92 Å². The van der Waals surface area contributed by atoms with Gasteiger partial charge in [0.1, 0.15) is 11.6 Å². The summed E-state index contributed by atoms with van der Waals surface area (Å²) in [6.07, 6.45) is 3.78. The van der Waals surface area contributed by atoms with Gasteiger partial charge in [0.2, 0.25) is 5.91 Å². The van der Waals surface area contributed by atoms with Gasteiger partial charge < -0.3 is 18.9 Å². The Hall–Kier alpha value is -2.38. The van der Waals surface area contributed by atoms with Crippen molar-refractivity contribution in [1.29, 1.82) is 0 Å². The maximum absolute atomic E-state index is 12.8. The zero-order valence-electron chi connectivity index (χ0n) is 17.7. The number of rotatable bonds is 9. The van der Waals surface area contributed by atoms with Gasteiger partial charge in [0.25, 0.3) is 0 Å². The monoisotopic (exact) mass is 400 g/mol. The Morgan fingerprint density at radius 3 is 2.62 bits per heavy atom. The number of carbonyl (C=O) groups excluding carboxylic acids is 1. The zero-order valence-corrected chi connectivity index (χ0v) is 17.7. The van der Waals surface area contributed by atoms with Crippen LogP contribution in [0.2, 0.25) is 0 Å². The van der Waals surface area contributed by atoms with Gasteiger partial charge in [0.05, 0.1) is 26.9 Å². The standard InChI is InChI=1S/C22H32N4O3/c1-18(2)22(27)26(11-10-24-12-14-29-15-13-24)17-21-23-8-9-25(21)16-19-4-6-20(28-3)7-5-19/h4-9,18H,10-17H2,1-3H3. The molecule has 1 fully saturated rings. The van der Waals surface area contributed by atoms with E-state index in [1.165, 1.54) is 5.56 Å². The predicted molar refractivity (Wildman–Crippen MR) is 112 cm³/mol. The van der Waals surface area contributed by atoms with E-state index in [0.29, 0.717) is 19.6 Å². The van der Waals surface area contributed by atoms with Crippen LogP contribution >= 0.6 is 0 Å². The highest BCUT2D eigenvalue weighted by molar-refractivity contribution is 5.78. The van der Waals surface area contributed by atoms with Gasteiger partial charge in [-0.25, -0.2) is 4.98 Å². The quantitative estimate of drug-likeness (QED) is 0.646. The summed E-state index contributed by atoms with van der Waals surface area (Å²) >= 11 is 0. The molecule has 0 atom stereocenters. The van der Waals surface area contributed by atoms with Gasteiger partial charge in [0, 0.05) is 51.0 Å². The molecule has 1 aliphatic rings. The number of imidazole rings is 1. The number of benzene rings is 1. The largest absolute Gasteiger partial charge is 0.497 e. The summed E-state index contributed by atoms with van der Waals surface area (Å²) in [5.41, 5.74) is 1.17. The van der Waals surface area contributed by atoms with Gasteiger partial charge >= 0.3 is 0 Å². The molecule has 1 aliphatic heterocycles. The van der Waals surface area contributed by atoms with Crippen molar-refractivity contribution in [2.24, 2.45) is 5.92 Å². The second-order valence-corrected chi connectivity index (χ2v) is 7.69. The minimum atomic E-state index is -0.0373. The Labute approximate surface area is 173 Å². The summed E-state index contributed by atoms with van der Waals surface area (Å²) in [5, 5.41) is 0. The van der Waals surface area contributed by atoms with Crippen molar-refractivity contribution >= 4 is 5.91 Å². The van der Waals surface area contributed by atoms with E-state index >= 15 is 0 Å². The van der Waals surface area contributed by atoms with E-state index < -0.39 is 0 Å². The van der Waals surface area contributed by atoms with E-state index in [9.17, 15) is 4.79 Å². The number of morpholine rings is 1. The second kappa shape index (κ2) is 10.4. The minimum absolute atomic E-state index is 0.0373. The summed E-state index contributed by atoms with van der Waals surface area (Å²) in [7, 11) is 1.67. The Morgan fingerprint density at radius 2 is 1.97 bits per heavy atom. The zero-order chi connectivity index (χ0) is 20.6. The normalized spacial score (nSPS) is 14.9. The van der Waals surface area contributed by atoms with Crippen LogP contribution in [0.4, 0.5) is 0 Å². The van der Waals surface area contributed by atoms with Crippen LogP contribution < -0.4 is 4.74 Å². The van der Waals surface area contributed by atoms with Gasteiger partial charge in [-0.1, -0.05) is 26.0 Å². The lowest BCUT2D eigenvalue weighted by Crippen LogP contribution is -2.44. The SMILES string of the molecule is COc1ccc(Cn2ccnc2CN(CCN2CCOCC2)C(=O)C(C)C)cc1. The van der Waals surface area contributed by atoms with Crippen LogP contribution in [0.25, 0.3) is 0 Å². The van der Waals surface area contributed by atoms with Crippen molar-refractivity contribution in [3.05, 3.63) is 48.0 Å². The highest BCUT2D eigenvalue weighted by Gasteiger charge is 2.21. The third-order valence-electron chi connectivity index (χ3n) is 5.24. The molecule has 0 aliphatic carbocycles. The average molecular weight is 401 g/mol. The minimum Gasteiger partial charge on any atom is -0.497 e. The first kappa shape index (κ1) is 21.3. The fraction of sp³-hybridized carbons (Fsp3) is 0.545. The number of hydrogen-bond acceptors (Lipinski definition) is 5. The van der Waals surface area contributed by atoms with Gasteiger partial charge in [0.15, 0.2) is 0 Å². The Balaban J connectivity index is 1.66. The van der Waals surface area contributed by atoms with Crippen molar-refractivity contribution in [2.45, 2.75) is 26.9 Å². The molecule has 0 radical (unpaired) electrons. The van der Waals surface area contributed by atoms with E-state index in [1.54, 1.807) is 13.3 Å². The molecule has 2 heterocycles. The van der Waals surface area contributed by atoms with E-state index in [-0.39, 0.29) is 11.8 Å². The molecule has 158 valence electrons. The summed E-state index contributed by atoms with van der Waals surface area (Å²) in [6, 6.07) is 8.03. The van der Waals surface area contributed by atoms with E-state index in [0.717, 1.165) is 44.4 Å². The molecule has 0 bridgehead atoms. The molecule has 3 rings (SSSR count). The summed E-state index contributed by atoms with van der Waals surface area (Å²) < 4.78 is 12.8. The first-order valence-corrected chi connectivity index (χ1v) is 10.3. The predicted octanol–water partition coefficient (Wildman–Crippen LogP) is 2.26. The fourth-order valence-electron chi connectivity index (χ4n) is 3.45. The number of carbonyl (C=O) groups is 1. The molecular weight excluding hydrogens is 368 g/mol. The topological polar surface area (TPSA) is 59.8 Å². The summed E-state index contributed by atoms with van der Waals surface area (Å²) in [6.45, 7) is 10.1. The van der Waals surface area contributed by atoms with E-state index in [4.69, 9.17) is 9.47 Å². The number of ether oxygens (including phenoxy) is 2. The van der Waals surface area contributed by atoms with Gasteiger partial charge in [-0.15, -0.1) is 0 Å². The van der Waals surface area contributed by atoms with Gasteiger partial charge in [-0.3, -0.25) is 9.69 Å². The van der Waals surface area contributed by atoms with Gasteiger partial charge in [-0.2, -0.15) is 0 Å². The molecule has 2 aromatic rings. The Kier molecular flexibility index (Phi) is 7.66. The number of amides is 1. The number of methoxy groups -OCH3 is 1. The van der Waals surface area contributed by atoms with Crippen molar-refractivity contribution in [2.75, 3.05) is 46.5 Å². The molecule has 7 heteroatoms. The molecular formula is C22H32N4O3. The molecule has 0 N–H and O–H groups in total. The number of aromatic nitrogens is 2. The molecule has 1 aromatic carbocycles. The maximum Gasteiger partial charge on any atom is 0.225 e. The van der Waals surface area contributed by atoms with Crippen molar-refractivity contribution < 1.29 is 14.3 Å². The molecule has 1 saturated heterocycles. The van der Waals surface area contributed by atoms with Crippen LogP contribution in [-0.4, -0.2) is 71.8 Å². The maximum atomic E-state index is 12.8. The van der Waals surface area contributed by atoms with Gasteiger partial charge in [-0.05, 0) is 17.7 Å². The summed E-state index contributed by atoms with van der Waals surface area (Å²) in [5.74, 6) is 1.87. The first-order chi connectivity index (χ1) is 14.1. The summed E-state index contributed by atoms with van der Waals surface area (Å²) in [4.78, 5) is 21.6. The van der Waals surface area contributed by atoms with E-state index in [1.807, 2.05) is 37.1 Å². The van der Waals surface area contributed by atoms with Crippen LogP contribution in [0.15, 0.2) is 36.7 Å². The van der Waals surface area contributed by atoms with E-state index in [2.05, 4.69) is 26.6 Å². The lowest BCUT2D eigenvalue weighted by atomic mass is 10.2. The van der Waals surface area contributed by atoms with Crippen molar-refractivity contribution in [3.8, 4) is 5.75 Å². The smallest absolute Gasteiger partial charge is 0.225 e. The lowest BCUT2D eigenvalue weighted by Gasteiger charge is -2.30. The highest BCUT2D eigenvalue weighted by Crippen LogP contribution is 2.14. The van der Waals surface area contributed by atoms with Crippen LogP contribution in [0.3, 0.4) is 0 Å². The van der Waals surface area contributed by atoms with Crippen LogP contribution in [0.1, 0.15) is 25.2 Å². The van der Waals surface area contributed by atoms with Crippen molar-refractivity contribution in [3.63, 3.8) is 0 Å². The molecule has 7 nitrogen and oxygen atoms in total. The fourth-order valence-corrected chi connectivity index (χ4v) is 3.45. The second-order valence-electron chi connectivity index (χ2n) is 7.69. The third kappa shape index (κ3) is 6.05.